The van der Waals surface area contributed by atoms with Crippen LogP contribution in [0.2, 0.25) is 5.02 Å². The van der Waals surface area contributed by atoms with Crippen LogP contribution in [0.3, 0.4) is 0 Å². The molecule has 2 heterocycles. The van der Waals surface area contributed by atoms with Gasteiger partial charge in [0.15, 0.2) is 9.84 Å². The highest BCUT2D eigenvalue weighted by molar-refractivity contribution is 7.91. The molecular formula is C35H29ClF2N4O4S2. The van der Waals surface area contributed by atoms with E-state index in [2.05, 4.69) is 20.3 Å². The highest BCUT2D eigenvalue weighted by atomic mass is 35.5. The zero-order valence-electron chi connectivity index (χ0n) is 25.4. The Labute approximate surface area is 285 Å². The second kappa shape index (κ2) is 15.2. The molecule has 0 spiro atoms. The maximum absolute atomic E-state index is 15.3. The molecule has 0 saturated carbocycles. The van der Waals surface area contributed by atoms with Crippen molar-refractivity contribution in [2.75, 3.05) is 24.3 Å². The number of rotatable bonds is 14. The molecule has 0 bridgehead atoms. The van der Waals surface area contributed by atoms with Crippen LogP contribution >= 0.6 is 22.9 Å². The first kappa shape index (κ1) is 33.4. The second-order valence-corrected chi connectivity index (χ2v) is 14.2. The summed E-state index contributed by atoms with van der Waals surface area (Å²) in [5, 5.41) is 6.77. The van der Waals surface area contributed by atoms with Gasteiger partial charge in [-0.15, -0.1) is 11.3 Å². The summed E-state index contributed by atoms with van der Waals surface area (Å²) in [4.78, 5) is 13.5. The fourth-order valence-electron chi connectivity index (χ4n) is 4.88. The van der Waals surface area contributed by atoms with Gasteiger partial charge >= 0.3 is 0 Å². The summed E-state index contributed by atoms with van der Waals surface area (Å²) < 4.78 is 64.9. The number of hydrogen-bond acceptors (Lipinski definition) is 9. The summed E-state index contributed by atoms with van der Waals surface area (Å²) in [7, 11) is -3.39. The largest absolute Gasteiger partial charge is 0.487 e. The number of anilines is 2. The highest BCUT2D eigenvalue weighted by Crippen LogP contribution is 2.34. The minimum atomic E-state index is -3.39. The topological polar surface area (TPSA) is 103 Å². The average molecular weight is 707 g/mol. The monoisotopic (exact) mass is 706 g/mol. The quantitative estimate of drug-likeness (QED) is 0.113. The number of aromatic nitrogens is 3. The van der Waals surface area contributed by atoms with Crippen molar-refractivity contribution in [2.24, 2.45) is 0 Å². The van der Waals surface area contributed by atoms with E-state index in [0.717, 1.165) is 5.01 Å². The Hall–Kier alpha value is -4.49. The molecule has 0 radical (unpaired) electrons. The van der Waals surface area contributed by atoms with Crippen molar-refractivity contribution in [3.05, 3.63) is 124 Å². The van der Waals surface area contributed by atoms with Crippen LogP contribution < -0.4 is 10.1 Å². The fraction of sp³-hybridized carbons (Fsp3) is 0.171. The van der Waals surface area contributed by atoms with Crippen molar-refractivity contribution in [3.8, 4) is 17.0 Å². The standard InChI is InChI=1S/C35H29ClF2N4O4S2/c36-29-17-25(11-12-33(29)46-20-23-6-4-7-24(37)16-23)41-35-28-18-27(30(38)19-31(28)39-22-40-35)32-21-47-34(42-32)10-5-13-45-14-15-48(43,44)26-8-2-1-3-9-26/h1-4,6-9,11-12,16-19,21-22H,5,10,13-15,20H2,(H,39,40,41). The lowest BCUT2D eigenvalue weighted by Gasteiger charge is -2.12. The fourth-order valence-corrected chi connectivity index (χ4v) is 7.11. The lowest BCUT2D eigenvalue weighted by Crippen LogP contribution is -2.13. The molecule has 0 saturated heterocycles. The second-order valence-electron chi connectivity index (χ2n) is 10.7. The molecule has 246 valence electrons. The summed E-state index contributed by atoms with van der Waals surface area (Å²) in [5.41, 5.74) is 2.51. The Morgan fingerprint density at radius 3 is 2.58 bits per heavy atom. The number of nitrogens with zero attached hydrogens (tertiary/aromatic N) is 3. The molecule has 0 fully saturated rings. The van der Waals surface area contributed by atoms with Crippen molar-refractivity contribution in [1.82, 2.24) is 15.0 Å². The molecule has 0 aliphatic rings. The van der Waals surface area contributed by atoms with Gasteiger partial charge in [0.2, 0.25) is 0 Å². The molecule has 6 aromatic rings. The van der Waals surface area contributed by atoms with Crippen molar-refractivity contribution in [1.29, 1.82) is 0 Å². The third kappa shape index (κ3) is 8.32. The summed E-state index contributed by atoms with van der Waals surface area (Å²) >= 11 is 7.90. The van der Waals surface area contributed by atoms with Crippen LogP contribution in [0.4, 0.5) is 20.3 Å². The average Bonchev–Trinajstić information content (AvgIpc) is 3.55. The SMILES string of the molecule is O=S(=O)(CCOCCCc1nc(-c2cc3c(Nc4ccc(OCc5cccc(F)c5)c(Cl)c4)ncnc3cc2F)cs1)c1ccccc1. The molecule has 2 aromatic heterocycles. The normalized spacial score (nSPS) is 11.6. The summed E-state index contributed by atoms with van der Waals surface area (Å²) in [5.74, 6) is -0.0101. The molecule has 0 aliphatic heterocycles. The number of nitrogens with one attached hydrogen (secondary N) is 1. The van der Waals surface area contributed by atoms with Crippen LogP contribution in [0, 0.1) is 11.6 Å². The van der Waals surface area contributed by atoms with Crippen LogP contribution in [0.15, 0.2) is 102 Å². The summed E-state index contributed by atoms with van der Waals surface area (Å²) in [6, 6.07) is 22.6. The van der Waals surface area contributed by atoms with E-state index >= 15 is 4.39 Å². The molecule has 8 nitrogen and oxygen atoms in total. The number of benzene rings is 4. The van der Waals surface area contributed by atoms with E-state index in [1.165, 1.54) is 35.9 Å². The van der Waals surface area contributed by atoms with Gasteiger partial charge in [-0.25, -0.2) is 32.2 Å². The minimum absolute atomic E-state index is 0.0923. The number of aryl methyl sites for hydroxylation is 1. The lowest BCUT2D eigenvalue weighted by atomic mass is 10.1. The van der Waals surface area contributed by atoms with Gasteiger partial charge in [0.1, 0.15) is 36.1 Å². The highest BCUT2D eigenvalue weighted by Gasteiger charge is 2.16. The molecule has 0 amide bonds. The molecule has 1 N–H and O–H groups in total. The first-order chi connectivity index (χ1) is 23.2. The molecule has 4 aromatic carbocycles. The Balaban J connectivity index is 1.08. The molecule has 0 unspecified atom stereocenters. The Bertz CT molecular complexity index is 2150. The van der Waals surface area contributed by atoms with Gasteiger partial charge in [0.25, 0.3) is 0 Å². The van der Waals surface area contributed by atoms with Crippen molar-refractivity contribution in [3.63, 3.8) is 0 Å². The number of halogens is 3. The van der Waals surface area contributed by atoms with E-state index in [9.17, 15) is 12.8 Å². The number of ether oxygens (including phenoxy) is 2. The van der Waals surface area contributed by atoms with Gasteiger partial charge in [0.05, 0.1) is 38.5 Å². The molecule has 6 rings (SSSR count). The van der Waals surface area contributed by atoms with E-state index in [1.807, 2.05) is 0 Å². The Kier molecular flexibility index (Phi) is 10.6. The molecule has 0 aliphatic carbocycles. The third-order valence-corrected chi connectivity index (χ3v) is 10.2. The van der Waals surface area contributed by atoms with E-state index in [-0.39, 0.29) is 29.7 Å². The maximum atomic E-state index is 15.3. The number of thiazole rings is 1. The van der Waals surface area contributed by atoms with E-state index < -0.39 is 15.7 Å². The van der Waals surface area contributed by atoms with Gasteiger partial charge in [-0.3, -0.25) is 0 Å². The third-order valence-electron chi connectivity index (χ3n) is 7.31. The van der Waals surface area contributed by atoms with Gasteiger partial charge in [-0.05, 0) is 60.5 Å². The summed E-state index contributed by atoms with van der Waals surface area (Å²) in [6.07, 6.45) is 2.59. The zero-order chi connectivity index (χ0) is 33.5. The number of fused-ring (bicyclic) bond motifs is 1. The molecule has 13 heteroatoms. The van der Waals surface area contributed by atoms with Gasteiger partial charge in [-0.2, -0.15) is 0 Å². The van der Waals surface area contributed by atoms with Gasteiger partial charge < -0.3 is 14.8 Å². The van der Waals surface area contributed by atoms with Crippen LogP contribution in [0.25, 0.3) is 22.2 Å². The predicted octanol–water partition coefficient (Wildman–Crippen LogP) is 8.43. The number of sulfone groups is 1. The van der Waals surface area contributed by atoms with Crippen molar-refractivity contribution < 1.29 is 26.7 Å². The summed E-state index contributed by atoms with van der Waals surface area (Å²) in [6.45, 7) is 0.630. The van der Waals surface area contributed by atoms with E-state index in [0.29, 0.717) is 69.4 Å². The minimum Gasteiger partial charge on any atom is -0.487 e. The first-order valence-corrected chi connectivity index (χ1v) is 17.8. The lowest BCUT2D eigenvalue weighted by molar-refractivity contribution is 0.146. The van der Waals surface area contributed by atoms with Gasteiger partial charge in [0, 0.05) is 41.1 Å². The predicted molar refractivity (Wildman–Crippen MR) is 184 cm³/mol. The smallest absolute Gasteiger partial charge is 0.180 e. The molecule has 48 heavy (non-hydrogen) atoms. The zero-order valence-corrected chi connectivity index (χ0v) is 27.8. The molecule has 0 atom stereocenters. The van der Waals surface area contributed by atoms with Crippen molar-refractivity contribution >= 4 is 55.2 Å². The van der Waals surface area contributed by atoms with E-state index in [4.69, 9.17) is 21.1 Å². The van der Waals surface area contributed by atoms with Crippen LogP contribution in [-0.4, -0.2) is 42.3 Å². The maximum Gasteiger partial charge on any atom is 0.180 e. The number of hydrogen-bond donors (Lipinski definition) is 1. The Morgan fingerprint density at radius 1 is 0.917 bits per heavy atom. The van der Waals surface area contributed by atoms with Crippen LogP contribution in [-0.2, 0) is 27.6 Å². The first-order valence-electron chi connectivity index (χ1n) is 14.9. The Morgan fingerprint density at radius 2 is 1.77 bits per heavy atom. The van der Waals surface area contributed by atoms with Gasteiger partial charge in [-0.1, -0.05) is 41.9 Å². The van der Waals surface area contributed by atoms with Crippen LogP contribution in [0.1, 0.15) is 17.0 Å². The molecular weight excluding hydrogens is 678 g/mol. The van der Waals surface area contributed by atoms with Crippen molar-refractivity contribution in [2.45, 2.75) is 24.3 Å². The van der Waals surface area contributed by atoms with E-state index in [1.54, 1.807) is 72.1 Å². The van der Waals surface area contributed by atoms with Crippen LogP contribution in [0.5, 0.6) is 5.75 Å².